The van der Waals surface area contributed by atoms with Gasteiger partial charge in [0.1, 0.15) is 11.6 Å². The van der Waals surface area contributed by atoms with Crippen LogP contribution in [0.15, 0.2) is 54.6 Å². The summed E-state index contributed by atoms with van der Waals surface area (Å²) in [5, 5.41) is 10.3. The first kappa shape index (κ1) is 24.2. The van der Waals surface area contributed by atoms with E-state index in [9.17, 15) is 14.0 Å². The third-order valence-electron chi connectivity index (χ3n) is 5.77. The van der Waals surface area contributed by atoms with Gasteiger partial charge in [-0.25, -0.2) is 9.07 Å². The maximum Gasteiger partial charge on any atom is 0.258 e. The topological polar surface area (TPSA) is 85.2 Å². The smallest absolute Gasteiger partial charge is 0.258 e. The van der Waals surface area contributed by atoms with Gasteiger partial charge < -0.3 is 15.4 Å². The number of aryl methyl sites for hydroxylation is 1. The van der Waals surface area contributed by atoms with Crippen molar-refractivity contribution in [2.24, 2.45) is 0 Å². The number of carbonyl (C=O) groups excluding carboxylic acids is 2. The predicted molar refractivity (Wildman–Crippen MR) is 132 cm³/mol. The zero-order valence-electron chi connectivity index (χ0n) is 19.9. The molecule has 2 aromatic carbocycles. The van der Waals surface area contributed by atoms with Crippen molar-refractivity contribution < 1.29 is 18.7 Å². The van der Waals surface area contributed by atoms with Crippen LogP contribution < -0.4 is 15.4 Å². The van der Waals surface area contributed by atoms with E-state index in [-0.39, 0.29) is 24.2 Å². The molecule has 1 fully saturated rings. The number of carbonyl (C=O) groups is 2. The molecule has 3 aromatic rings. The quantitative estimate of drug-likeness (QED) is 0.438. The summed E-state index contributed by atoms with van der Waals surface area (Å²) in [5.41, 5.74) is 4.31. The van der Waals surface area contributed by atoms with Crippen LogP contribution in [-0.2, 0) is 16.0 Å². The second-order valence-electron chi connectivity index (χ2n) is 8.62. The molecule has 0 aliphatic heterocycles. The lowest BCUT2D eigenvalue weighted by molar-refractivity contribution is -0.123. The van der Waals surface area contributed by atoms with Crippen LogP contribution in [-0.4, -0.2) is 40.8 Å². The predicted octanol–water partition coefficient (Wildman–Crippen LogP) is 3.66. The molecule has 35 heavy (non-hydrogen) atoms. The number of amides is 2. The molecule has 0 unspecified atom stereocenters. The van der Waals surface area contributed by atoms with E-state index in [1.54, 1.807) is 22.9 Å². The molecule has 0 spiro atoms. The molecule has 0 atom stereocenters. The highest BCUT2D eigenvalue weighted by Gasteiger charge is 2.23. The summed E-state index contributed by atoms with van der Waals surface area (Å²) < 4.78 is 20.5. The van der Waals surface area contributed by atoms with E-state index in [1.165, 1.54) is 18.2 Å². The summed E-state index contributed by atoms with van der Waals surface area (Å²) in [6.45, 7) is 4.28. The van der Waals surface area contributed by atoms with Gasteiger partial charge in [0.25, 0.3) is 5.91 Å². The maximum atomic E-state index is 13.2. The Balaban J connectivity index is 1.24. The van der Waals surface area contributed by atoms with Gasteiger partial charge in [0, 0.05) is 29.9 Å². The first-order valence-electron chi connectivity index (χ1n) is 11.7. The second-order valence-corrected chi connectivity index (χ2v) is 8.62. The first-order chi connectivity index (χ1) is 16.9. The summed E-state index contributed by atoms with van der Waals surface area (Å²) in [6.07, 6.45) is 6.01. The van der Waals surface area contributed by atoms with Gasteiger partial charge in [0.2, 0.25) is 5.91 Å². The lowest BCUT2D eigenvalue weighted by Gasteiger charge is -2.08. The fourth-order valence-corrected chi connectivity index (χ4v) is 3.68. The van der Waals surface area contributed by atoms with Crippen LogP contribution in [0.5, 0.6) is 5.75 Å². The van der Waals surface area contributed by atoms with Crippen LogP contribution in [0.3, 0.4) is 0 Å². The highest BCUT2D eigenvalue weighted by atomic mass is 19.1. The molecular formula is C27H29FN4O3. The van der Waals surface area contributed by atoms with Crippen LogP contribution >= 0.6 is 0 Å². The standard InChI is InChI=1S/C27H29FN4O3/c1-18-25(19(2)32(31-18)23-9-5-21(28)6-10-23)13-14-26(33)29-16-15-20-3-11-24(12-4-20)35-17-27(34)30-22-7-8-22/h3-6,9-14,22H,7-8,15-17H2,1-2H3,(H,29,33)(H,30,34)/b14-13+. The van der Waals surface area contributed by atoms with E-state index in [1.807, 2.05) is 38.1 Å². The number of nitrogens with one attached hydrogen (secondary N) is 2. The van der Waals surface area contributed by atoms with Gasteiger partial charge in [-0.2, -0.15) is 5.10 Å². The normalized spacial score (nSPS) is 13.1. The Bertz CT molecular complexity index is 1210. The number of rotatable bonds is 10. The van der Waals surface area contributed by atoms with Gasteiger partial charge in [-0.15, -0.1) is 0 Å². The molecule has 182 valence electrons. The average molecular weight is 477 g/mol. The van der Waals surface area contributed by atoms with E-state index in [0.29, 0.717) is 24.8 Å². The lowest BCUT2D eigenvalue weighted by Crippen LogP contribution is -2.30. The van der Waals surface area contributed by atoms with Crippen molar-refractivity contribution in [1.82, 2.24) is 20.4 Å². The maximum absolute atomic E-state index is 13.2. The van der Waals surface area contributed by atoms with Crippen molar-refractivity contribution in [2.45, 2.75) is 39.2 Å². The van der Waals surface area contributed by atoms with Crippen molar-refractivity contribution in [1.29, 1.82) is 0 Å². The molecule has 2 N–H and O–H groups in total. The van der Waals surface area contributed by atoms with Crippen molar-refractivity contribution in [3.8, 4) is 11.4 Å². The summed E-state index contributed by atoms with van der Waals surface area (Å²) in [5.74, 6) is 0.0450. The van der Waals surface area contributed by atoms with Crippen molar-refractivity contribution in [3.05, 3.63) is 82.9 Å². The minimum absolute atomic E-state index is 0.0139. The Hall–Kier alpha value is -3.94. The minimum atomic E-state index is -0.301. The zero-order valence-corrected chi connectivity index (χ0v) is 19.9. The highest BCUT2D eigenvalue weighted by molar-refractivity contribution is 5.92. The summed E-state index contributed by atoms with van der Waals surface area (Å²) in [6, 6.07) is 13.9. The van der Waals surface area contributed by atoms with Crippen LogP contribution in [0.4, 0.5) is 4.39 Å². The van der Waals surface area contributed by atoms with E-state index in [0.717, 1.165) is 41.0 Å². The largest absolute Gasteiger partial charge is 0.484 e. The van der Waals surface area contributed by atoms with Gasteiger partial charge in [0.15, 0.2) is 6.61 Å². The van der Waals surface area contributed by atoms with Crippen LogP contribution in [0.2, 0.25) is 0 Å². The Morgan fingerprint density at radius 3 is 2.51 bits per heavy atom. The van der Waals surface area contributed by atoms with Gasteiger partial charge in [-0.1, -0.05) is 12.1 Å². The number of aromatic nitrogens is 2. The molecule has 0 saturated heterocycles. The van der Waals surface area contributed by atoms with Crippen molar-refractivity contribution in [2.75, 3.05) is 13.2 Å². The number of halogens is 1. The lowest BCUT2D eigenvalue weighted by atomic mass is 10.1. The van der Waals surface area contributed by atoms with Gasteiger partial charge in [-0.3, -0.25) is 9.59 Å². The molecule has 0 bridgehead atoms. The van der Waals surface area contributed by atoms with Gasteiger partial charge in [0.05, 0.1) is 11.4 Å². The molecule has 4 rings (SSSR count). The molecule has 2 amide bonds. The fraction of sp³-hybridized carbons (Fsp3) is 0.296. The summed E-state index contributed by atoms with van der Waals surface area (Å²) in [7, 11) is 0. The molecule has 0 radical (unpaired) electrons. The zero-order chi connectivity index (χ0) is 24.8. The fourth-order valence-electron chi connectivity index (χ4n) is 3.68. The van der Waals surface area contributed by atoms with Crippen molar-refractivity contribution >= 4 is 17.9 Å². The Morgan fingerprint density at radius 2 is 1.83 bits per heavy atom. The second kappa shape index (κ2) is 11.0. The minimum Gasteiger partial charge on any atom is -0.484 e. The number of benzene rings is 2. The molecule has 1 aliphatic rings. The monoisotopic (exact) mass is 476 g/mol. The molecule has 1 saturated carbocycles. The SMILES string of the molecule is Cc1nn(-c2ccc(F)cc2)c(C)c1/C=C/C(=O)NCCc1ccc(OCC(=O)NC2CC2)cc1. The Morgan fingerprint density at radius 1 is 1.11 bits per heavy atom. The van der Waals surface area contributed by atoms with Crippen molar-refractivity contribution in [3.63, 3.8) is 0 Å². The molecule has 1 aromatic heterocycles. The van der Waals surface area contributed by atoms with Crippen LogP contribution in [0.1, 0.15) is 35.4 Å². The van der Waals surface area contributed by atoms with Gasteiger partial charge in [-0.05, 0) is 81.1 Å². The third kappa shape index (κ3) is 6.79. The summed E-state index contributed by atoms with van der Waals surface area (Å²) in [4.78, 5) is 24.0. The van der Waals surface area contributed by atoms with E-state index >= 15 is 0 Å². The molecule has 7 nitrogen and oxygen atoms in total. The number of hydrogen-bond donors (Lipinski definition) is 2. The average Bonchev–Trinajstić information content (AvgIpc) is 3.61. The molecule has 1 aliphatic carbocycles. The van der Waals surface area contributed by atoms with E-state index in [2.05, 4.69) is 15.7 Å². The third-order valence-corrected chi connectivity index (χ3v) is 5.77. The highest BCUT2D eigenvalue weighted by Crippen LogP contribution is 2.20. The molecule has 8 heteroatoms. The first-order valence-corrected chi connectivity index (χ1v) is 11.7. The van der Waals surface area contributed by atoms with Crippen LogP contribution in [0.25, 0.3) is 11.8 Å². The van der Waals surface area contributed by atoms with E-state index in [4.69, 9.17) is 4.74 Å². The number of nitrogens with zero attached hydrogens (tertiary/aromatic N) is 2. The molecule has 1 heterocycles. The Kier molecular flexibility index (Phi) is 7.60. The number of ether oxygens (including phenoxy) is 1. The summed E-state index contributed by atoms with van der Waals surface area (Å²) >= 11 is 0. The van der Waals surface area contributed by atoms with Crippen LogP contribution in [0, 0.1) is 19.7 Å². The van der Waals surface area contributed by atoms with Gasteiger partial charge >= 0.3 is 0 Å². The number of hydrogen-bond acceptors (Lipinski definition) is 4. The Labute approximate surface area is 204 Å². The molecular weight excluding hydrogens is 447 g/mol. The van der Waals surface area contributed by atoms with E-state index < -0.39 is 0 Å².